The number of aryl methyl sites for hydroxylation is 1. The molecule has 0 saturated heterocycles. The SMILES string of the molecule is CNS(=O)(=O)Cc1nccn1C. The first-order chi connectivity index (χ1) is 5.55. The number of hydrogen-bond donors (Lipinski definition) is 1. The van der Waals surface area contributed by atoms with Crippen molar-refractivity contribution < 1.29 is 8.42 Å². The van der Waals surface area contributed by atoms with Gasteiger partial charge in [-0.05, 0) is 7.05 Å². The third-order valence-electron chi connectivity index (χ3n) is 1.55. The maximum Gasteiger partial charge on any atom is 0.218 e. The standard InChI is InChI=1S/C6H11N3O2S/c1-7-12(10,11)5-6-8-3-4-9(6)2/h3-4,7H,5H2,1-2H3. The van der Waals surface area contributed by atoms with Crippen LogP contribution in [-0.2, 0) is 22.8 Å². The molecule has 68 valence electrons. The van der Waals surface area contributed by atoms with E-state index in [1.165, 1.54) is 7.05 Å². The summed E-state index contributed by atoms with van der Waals surface area (Å²) in [5.74, 6) is 0.455. The highest BCUT2D eigenvalue weighted by Gasteiger charge is 2.11. The van der Waals surface area contributed by atoms with Gasteiger partial charge in [-0.15, -0.1) is 0 Å². The molecule has 0 aliphatic heterocycles. The zero-order valence-corrected chi connectivity index (χ0v) is 7.80. The van der Waals surface area contributed by atoms with E-state index in [4.69, 9.17) is 0 Å². The molecule has 0 unspecified atom stereocenters. The molecular weight excluding hydrogens is 178 g/mol. The van der Waals surface area contributed by atoms with Gasteiger partial charge in [0.1, 0.15) is 11.6 Å². The highest BCUT2D eigenvalue weighted by Crippen LogP contribution is 1.99. The molecule has 5 nitrogen and oxygen atoms in total. The van der Waals surface area contributed by atoms with E-state index in [0.717, 1.165) is 0 Å². The molecule has 1 aromatic heterocycles. The average molecular weight is 189 g/mol. The van der Waals surface area contributed by atoms with E-state index in [9.17, 15) is 8.42 Å². The van der Waals surface area contributed by atoms with Crippen molar-refractivity contribution in [3.05, 3.63) is 18.2 Å². The molecule has 6 heteroatoms. The molecule has 1 aromatic rings. The van der Waals surface area contributed by atoms with Gasteiger partial charge in [0.05, 0.1) is 0 Å². The van der Waals surface area contributed by atoms with Crippen molar-refractivity contribution in [2.75, 3.05) is 7.05 Å². The first-order valence-electron chi connectivity index (χ1n) is 3.42. The van der Waals surface area contributed by atoms with Crippen LogP contribution in [0.15, 0.2) is 12.4 Å². The number of imidazole rings is 1. The van der Waals surface area contributed by atoms with Crippen molar-refractivity contribution in [3.63, 3.8) is 0 Å². The molecule has 0 bridgehead atoms. The van der Waals surface area contributed by atoms with Crippen molar-refractivity contribution >= 4 is 10.0 Å². The van der Waals surface area contributed by atoms with Gasteiger partial charge in [0.2, 0.25) is 10.0 Å². The Hall–Kier alpha value is -0.880. The zero-order chi connectivity index (χ0) is 9.19. The third kappa shape index (κ3) is 2.05. The molecule has 1 rings (SSSR count). The van der Waals surface area contributed by atoms with Crippen molar-refractivity contribution in [3.8, 4) is 0 Å². The highest BCUT2D eigenvalue weighted by molar-refractivity contribution is 7.88. The summed E-state index contributed by atoms with van der Waals surface area (Å²) in [5.41, 5.74) is 0. The number of aromatic nitrogens is 2. The van der Waals surface area contributed by atoms with Crippen LogP contribution in [0, 0.1) is 0 Å². The van der Waals surface area contributed by atoms with Crippen molar-refractivity contribution in [1.29, 1.82) is 0 Å². The number of hydrogen-bond acceptors (Lipinski definition) is 3. The van der Waals surface area contributed by atoms with Crippen LogP contribution < -0.4 is 4.72 Å². The summed E-state index contributed by atoms with van der Waals surface area (Å²) in [6, 6.07) is 0. The lowest BCUT2D eigenvalue weighted by atomic mass is 10.7. The van der Waals surface area contributed by atoms with E-state index in [-0.39, 0.29) is 5.75 Å². The van der Waals surface area contributed by atoms with Crippen molar-refractivity contribution in [1.82, 2.24) is 14.3 Å². The summed E-state index contributed by atoms with van der Waals surface area (Å²) in [7, 11) is -0.0537. The Bertz CT molecular complexity index is 355. The molecule has 0 fully saturated rings. The quantitative estimate of drug-likeness (QED) is 0.695. The smallest absolute Gasteiger partial charge is 0.218 e. The Kier molecular flexibility index (Phi) is 2.49. The molecule has 0 radical (unpaired) electrons. The van der Waals surface area contributed by atoms with Crippen LogP contribution in [0.4, 0.5) is 0 Å². The maximum absolute atomic E-state index is 11.1. The maximum atomic E-state index is 11.1. The molecule has 1 heterocycles. The normalized spacial score (nSPS) is 11.8. The lowest BCUT2D eigenvalue weighted by Crippen LogP contribution is -2.21. The second kappa shape index (κ2) is 3.24. The van der Waals surface area contributed by atoms with Gasteiger partial charge in [0.15, 0.2) is 0 Å². The zero-order valence-electron chi connectivity index (χ0n) is 6.98. The largest absolute Gasteiger partial charge is 0.337 e. The van der Waals surface area contributed by atoms with Crippen LogP contribution in [0.1, 0.15) is 5.82 Å². The number of nitrogens with one attached hydrogen (secondary N) is 1. The second-order valence-corrected chi connectivity index (χ2v) is 4.34. The van der Waals surface area contributed by atoms with E-state index in [0.29, 0.717) is 5.82 Å². The minimum absolute atomic E-state index is 0.0764. The Morgan fingerprint density at radius 3 is 2.75 bits per heavy atom. The summed E-state index contributed by atoms with van der Waals surface area (Å²) in [5, 5.41) is 0. The predicted molar refractivity (Wildman–Crippen MR) is 44.9 cm³/mol. The summed E-state index contributed by atoms with van der Waals surface area (Å²) in [6.07, 6.45) is 3.28. The van der Waals surface area contributed by atoms with E-state index >= 15 is 0 Å². The fourth-order valence-corrected chi connectivity index (χ4v) is 1.54. The first kappa shape index (κ1) is 9.21. The fraction of sp³-hybridized carbons (Fsp3) is 0.500. The molecule has 0 aliphatic rings. The second-order valence-electron chi connectivity index (χ2n) is 2.42. The summed E-state index contributed by atoms with van der Waals surface area (Å²) >= 11 is 0. The van der Waals surface area contributed by atoms with Crippen LogP contribution in [0.2, 0.25) is 0 Å². The molecule has 0 atom stereocenters. The van der Waals surface area contributed by atoms with Gasteiger partial charge in [-0.2, -0.15) is 0 Å². The Morgan fingerprint density at radius 2 is 2.33 bits per heavy atom. The van der Waals surface area contributed by atoms with Gasteiger partial charge < -0.3 is 4.57 Å². The Labute approximate surface area is 71.5 Å². The van der Waals surface area contributed by atoms with Gasteiger partial charge >= 0.3 is 0 Å². The van der Waals surface area contributed by atoms with E-state index in [1.807, 2.05) is 0 Å². The minimum Gasteiger partial charge on any atom is -0.337 e. The van der Waals surface area contributed by atoms with Crippen molar-refractivity contribution in [2.24, 2.45) is 7.05 Å². The van der Waals surface area contributed by atoms with Gasteiger partial charge in [0, 0.05) is 19.4 Å². The van der Waals surface area contributed by atoms with Gasteiger partial charge in [-0.1, -0.05) is 0 Å². The van der Waals surface area contributed by atoms with Crippen molar-refractivity contribution in [2.45, 2.75) is 5.75 Å². The Morgan fingerprint density at radius 1 is 1.67 bits per heavy atom. The topological polar surface area (TPSA) is 64.0 Å². The van der Waals surface area contributed by atoms with Gasteiger partial charge in [-0.25, -0.2) is 18.1 Å². The van der Waals surface area contributed by atoms with Crippen LogP contribution in [0.25, 0.3) is 0 Å². The average Bonchev–Trinajstić information content (AvgIpc) is 2.36. The molecule has 12 heavy (non-hydrogen) atoms. The van der Waals surface area contributed by atoms with E-state index in [1.54, 1.807) is 24.0 Å². The van der Waals surface area contributed by atoms with Gasteiger partial charge in [-0.3, -0.25) is 0 Å². The number of sulfonamides is 1. The molecule has 0 aliphatic carbocycles. The van der Waals surface area contributed by atoms with Crippen LogP contribution >= 0.6 is 0 Å². The highest BCUT2D eigenvalue weighted by atomic mass is 32.2. The molecule has 1 N–H and O–H groups in total. The Balaban J connectivity index is 2.84. The third-order valence-corrected chi connectivity index (χ3v) is 2.81. The lowest BCUT2D eigenvalue weighted by Gasteiger charge is -2.01. The summed E-state index contributed by atoms with van der Waals surface area (Å²) in [6.45, 7) is 0. The summed E-state index contributed by atoms with van der Waals surface area (Å²) < 4.78 is 26.0. The first-order valence-corrected chi connectivity index (χ1v) is 5.08. The number of nitrogens with zero attached hydrogens (tertiary/aromatic N) is 2. The fourth-order valence-electron chi connectivity index (χ4n) is 0.778. The molecule has 0 spiro atoms. The van der Waals surface area contributed by atoms with E-state index < -0.39 is 10.0 Å². The van der Waals surface area contributed by atoms with Crippen LogP contribution in [0.3, 0.4) is 0 Å². The molecule has 0 saturated carbocycles. The van der Waals surface area contributed by atoms with Crippen LogP contribution in [0.5, 0.6) is 0 Å². The van der Waals surface area contributed by atoms with E-state index in [2.05, 4.69) is 9.71 Å². The summed E-state index contributed by atoms with van der Waals surface area (Å²) in [4.78, 5) is 3.89. The van der Waals surface area contributed by atoms with Crippen LogP contribution in [-0.4, -0.2) is 25.0 Å². The molecular formula is C6H11N3O2S. The molecule has 0 aromatic carbocycles. The monoisotopic (exact) mass is 189 g/mol. The minimum atomic E-state index is -3.20. The number of rotatable bonds is 3. The van der Waals surface area contributed by atoms with Gasteiger partial charge in [0.25, 0.3) is 0 Å². The predicted octanol–water partition coefficient (Wildman–Crippen LogP) is -0.531. The molecule has 0 amide bonds. The lowest BCUT2D eigenvalue weighted by molar-refractivity contribution is 0.584.